The van der Waals surface area contributed by atoms with E-state index in [0.29, 0.717) is 12.5 Å². The second-order valence-corrected chi connectivity index (χ2v) is 7.60. The standard InChI is InChI=1S/C17H27N3O3S/c1-11(2)14(16(21)23-4)19-17(22)20(3)9-13-10-24-15(18-13)12-7-5-6-8-12/h10-12,14H,5-9H2,1-4H3,(H,19,22)/t14-/m0/s1. The molecule has 0 bridgehead atoms. The van der Waals surface area contributed by atoms with Crippen LogP contribution in [0.3, 0.4) is 0 Å². The number of hydrogen-bond acceptors (Lipinski definition) is 5. The smallest absolute Gasteiger partial charge is 0.328 e. The van der Waals surface area contributed by atoms with Crippen LogP contribution in [0.15, 0.2) is 5.38 Å². The summed E-state index contributed by atoms with van der Waals surface area (Å²) in [6, 6.07) is -0.941. The summed E-state index contributed by atoms with van der Waals surface area (Å²) in [5, 5.41) is 5.95. The lowest BCUT2D eigenvalue weighted by molar-refractivity contribution is -0.144. The summed E-state index contributed by atoms with van der Waals surface area (Å²) in [6.07, 6.45) is 5.01. The van der Waals surface area contributed by atoms with Gasteiger partial charge < -0.3 is 15.0 Å². The van der Waals surface area contributed by atoms with Gasteiger partial charge in [0.05, 0.1) is 24.4 Å². The molecule has 134 valence electrons. The number of amides is 2. The molecule has 1 aliphatic rings. The monoisotopic (exact) mass is 353 g/mol. The molecule has 1 aromatic heterocycles. The maximum Gasteiger partial charge on any atom is 0.328 e. The third-order valence-corrected chi connectivity index (χ3v) is 5.48. The highest BCUT2D eigenvalue weighted by Gasteiger charge is 2.26. The van der Waals surface area contributed by atoms with Crippen LogP contribution in [-0.4, -0.2) is 42.1 Å². The van der Waals surface area contributed by atoms with E-state index in [4.69, 9.17) is 4.74 Å². The van der Waals surface area contributed by atoms with Gasteiger partial charge in [-0.15, -0.1) is 11.3 Å². The van der Waals surface area contributed by atoms with Crippen molar-refractivity contribution >= 4 is 23.3 Å². The predicted octanol–water partition coefficient (Wildman–Crippen LogP) is 3.14. The van der Waals surface area contributed by atoms with Gasteiger partial charge in [-0.2, -0.15) is 0 Å². The molecule has 1 heterocycles. The van der Waals surface area contributed by atoms with Crippen molar-refractivity contribution in [3.63, 3.8) is 0 Å². The average Bonchev–Trinajstić information content (AvgIpc) is 3.22. The molecule has 1 N–H and O–H groups in total. The van der Waals surface area contributed by atoms with E-state index < -0.39 is 12.0 Å². The molecule has 0 spiro atoms. The second-order valence-electron chi connectivity index (χ2n) is 6.71. The zero-order valence-corrected chi connectivity index (χ0v) is 15.7. The first-order chi connectivity index (χ1) is 11.4. The van der Waals surface area contributed by atoms with E-state index in [-0.39, 0.29) is 11.9 Å². The number of carbonyl (C=O) groups is 2. The third kappa shape index (κ3) is 4.69. The van der Waals surface area contributed by atoms with Crippen molar-refractivity contribution in [2.45, 2.75) is 58.0 Å². The van der Waals surface area contributed by atoms with Gasteiger partial charge in [0.2, 0.25) is 0 Å². The van der Waals surface area contributed by atoms with E-state index in [1.165, 1.54) is 37.8 Å². The number of nitrogens with zero attached hydrogens (tertiary/aromatic N) is 2. The molecule has 2 amide bonds. The maximum atomic E-state index is 12.3. The molecule has 1 aliphatic carbocycles. The summed E-state index contributed by atoms with van der Waals surface area (Å²) in [5.74, 6) is 0.125. The molecule has 1 fully saturated rings. The van der Waals surface area contributed by atoms with Crippen LogP contribution in [0.4, 0.5) is 4.79 Å². The lowest BCUT2D eigenvalue weighted by Gasteiger charge is -2.23. The van der Waals surface area contributed by atoms with Gasteiger partial charge in [0.25, 0.3) is 0 Å². The molecule has 0 unspecified atom stereocenters. The normalized spacial score (nSPS) is 16.2. The number of rotatable bonds is 6. The third-order valence-electron chi connectivity index (χ3n) is 4.42. The van der Waals surface area contributed by atoms with Gasteiger partial charge in [-0.1, -0.05) is 26.7 Å². The Bertz CT molecular complexity index is 567. The Labute approximate surface area is 147 Å². The molecule has 0 aromatic carbocycles. The zero-order chi connectivity index (χ0) is 17.7. The fraction of sp³-hybridized carbons (Fsp3) is 0.706. The summed E-state index contributed by atoms with van der Waals surface area (Å²) in [5.41, 5.74) is 0.902. The van der Waals surface area contributed by atoms with Crippen molar-refractivity contribution in [1.82, 2.24) is 15.2 Å². The number of ether oxygens (including phenoxy) is 1. The topological polar surface area (TPSA) is 71.5 Å². The quantitative estimate of drug-likeness (QED) is 0.798. The second kappa shape index (κ2) is 8.46. The maximum absolute atomic E-state index is 12.3. The van der Waals surface area contributed by atoms with Crippen LogP contribution in [0.2, 0.25) is 0 Å². The molecule has 1 aromatic rings. The SMILES string of the molecule is COC(=O)[C@@H](NC(=O)N(C)Cc1csc(C2CCCC2)n1)C(C)C. The van der Waals surface area contributed by atoms with Crippen LogP contribution >= 0.6 is 11.3 Å². The first-order valence-corrected chi connectivity index (χ1v) is 9.34. The Balaban J connectivity index is 1.92. The number of hydrogen-bond donors (Lipinski definition) is 1. The minimum absolute atomic E-state index is 0.0389. The minimum atomic E-state index is -0.644. The van der Waals surface area contributed by atoms with E-state index >= 15 is 0 Å². The van der Waals surface area contributed by atoms with Gasteiger partial charge in [0, 0.05) is 18.3 Å². The molecule has 6 nitrogen and oxygen atoms in total. The first-order valence-electron chi connectivity index (χ1n) is 8.46. The van der Waals surface area contributed by atoms with Gasteiger partial charge >= 0.3 is 12.0 Å². The van der Waals surface area contributed by atoms with Crippen LogP contribution in [0, 0.1) is 5.92 Å². The molecular weight excluding hydrogens is 326 g/mol. The lowest BCUT2D eigenvalue weighted by Crippen LogP contribution is -2.49. The number of carbonyl (C=O) groups excluding carboxylic acids is 2. The van der Waals surface area contributed by atoms with E-state index in [9.17, 15) is 9.59 Å². The van der Waals surface area contributed by atoms with Crippen LogP contribution < -0.4 is 5.32 Å². The van der Waals surface area contributed by atoms with Crippen molar-refractivity contribution in [1.29, 1.82) is 0 Å². The van der Waals surface area contributed by atoms with Crippen molar-refractivity contribution in [2.24, 2.45) is 5.92 Å². The van der Waals surface area contributed by atoms with Crippen molar-refractivity contribution in [3.8, 4) is 0 Å². The first kappa shape index (κ1) is 18.7. The Morgan fingerprint density at radius 2 is 2.08 bits per heavy atom. The van der Waals surface area contributed by atoms with Crippen LogP contribution in [-0.2, 0) is 16.1 Å². The van der Waals surface area contributed by atoms with Gasteiger partial charge in [-0.3, -0.25) is 0 Å². The Kier molecular flexibility index (Phi) is 6.60. The highest BCUT2D eigenvalue weighted by Crippen LogP contribution is 2.35. The van der Waals surface area contributed by atoms with Gasteiger partial charge in [-0.05, 0) is 18.8 Å². The molecule has 7 heteroatoms. The highest BCUT2D eigenvalue weighted by molar-refractivity contribution is 7.09. The van der Waals surface area contributed by atoms with Crippen LogP contribution in [0.1, 0.15) is 56.2 Å². The minimum Gasteiger partial charge on any atom is -0.467 e. The number of nitrogens with one attached hydrogen (secondary N) is 1. The summed E-state index contributed by atoms with van der Waals surface area (Å²) in [6.45, 7) is 4.17. The Morgan fingerprint density at radius 3 is 2.67 bits per heavy atom. The summed E-state index contributed by atoms with van der Waals surface area (Å²) in [4.78, 5) is 30.3. The van der Waals surface area contributed by atoms with E-state index in [0.717, 1.165) is 5.69 Å². The molecule has 0 aliphatic heterocycles. The summed E-state index contributed by atoms with van der Waals surface area (Å²) < 4.78 is 4.75. The number of urea groups is 1. The molecule has 1 atom stereocenters. The number of aromatic nitrogens is 1. The van der Waals surface area contributed by atoms with E-state index in [1.807, 2.05) is 19.2 Å². The van der Waals surface area contributed by atoms with E-state index in [1.54, 1.807) is 23.3 Å². The molecule has 1 saturated carbocycles. The van der Waals surface area contributed by atoms with Crippen LogP contribution in [0.25, 0.3) is 0 Å². The van der Waals surface area contributed by atoms with Crippen molar-refractivity contribution in [3.05, 3.63) is 16.1 Å². The zero-order valence-electron chi connectivity index (χ0n) is 14.9. The average molecular weight is 353 g/mol. The highest BCUT2D eigenvalue weighted by atomic mass is 32.1. The van der Waals surface area contributed by atoms with Gasteiger partial charge in [0.15, 0.2) is 0 Å². The molecular formula is C17H27N3O3S. The number of thiazole rings is 1. The van der Waals surface area contributed by atoms with Gasteiger partial charge in [-0.25, -0.2) is 14.6 Å². The Hall–Kier alpha value is -1.63. The van der Waals surface area contributed by atoms with E-state index in [2.05, 4.69) is 10.3 Å². The number of methoxy groups -OCH3 is 1. The predicted molar refractivity (Wildman–Crippen MR) is 94.0 cm³/mol. The largest absolute Gasteiger partial charge is 0.467 e. The van der Waals surface area contributed by atoms with Crippen molar-refractivity contribution < 1.29 is 14.3 Å². The fourth-order valence-corrected chi connectivity index (χ4v) is 3.92. The summed E-state index contributed by atoms with van der Waals surface area (Å²) >= 11 is 1.68. The van der Waals surface area contributed by atoms with Gasteiger partial charge in [0.1, 0.15) is 6.04 Å². The fourth-order valence-electron chi connectivity index (χ4n) is 2.94. The molecule has 24 heavy (non-hydrogen) atoms. The molecule has 2 rings (SSSR count). The molecule has 0 radical (unpaired) electrons. The van der Waals surface area contributed by atoms with Crippen LogP contribution in [0.5, 0.6) is 0 Å². The lowest BCUT2D eigenvalue weighted by atomic mass is 10.1. The number of esters is 1. The molecule has 0 saturated heterocycles. The van der Waals surface area contributed by atoms with Crippen molar-refractivity contribution in [2.75, 3.05) is 14.2 Å². The summed E-state index contributed by atoms with van der Waals surface area (Å²) in [7, 11) is 3.03. The Morgan fingerprint density at radius 1 is 1.42 bits per heavy atom.